The lowest BCUT2D eigenvalue weighted by atomic mass is 9.94. The third kappa shape index (κ3) is 11.5. The summed E-state index contributed by atoms with van der Waals surface area (Å²) in [7, 11) is 0. The van der Waals surface area contributed by atoms with Gasteiger partial charge in [0.25, 0.3) is 5.91 Å². The highest BCUT2D eigenvalue weighted by Gasteiger charge is 2.45. The maximum absolute atomic E-state index is 15.7. The van der Waals surface area contributed by atoms with Gasteiger partial charge in [-0.2, -0.15) is 14.0 Å². The Morgan fingerprint density at radius 3 is 2.22 bits per heavy atom. The van der Waals surface area contributed by atoms with Crippen molar-refractivity contribution in [2.24, 2.45) is 5.92 Å². The summed E-state index contributed by atoms with van der Waals surface area (Å²) in [6.45, 7) is 4.36. The lowest BCUT2D eigenvalue weighted by Gasteiger charge is -2.40. The van der Waals surface area contributed by atoms with Gasteiger partial charge < -0.3 is 25.8 Å². The number of piperidine rings is 2. The number of pyridine rings is 1. The molecule has 5 aromatic rings. The average molecular weight is 912 g/mol. The largest absolute Gasteiger partial charge is 0.374 e. The molecule has 0 saturated carbocycles. The van der Waals surface area contributed by atoms with Crippen LogP contribution in [0.1, 0.15) is 54.0 Å². The quantitative estimate of drug-likeness (QED) is 0.0839. The van der Waals surface area contributed by atoms with Crippen LogP contribution in [0.3, 0.4) is 0 Å². The molecule has 3 saturated heterocycles. The van der Waals surface area contributed by atoms with Crippen molar-refractivity contribution in [1.29, 1.82) is 5.26 Å². The molecule has 1 aromatic heterocycles. The highest BCUT2D eigenvalue weighted by molar-refractivity contribution is 6.01. The Hall–Kier alpha value is -7.09. The molecule has 346 valence electrons. The Morgan fingerprint density at radius 2 is 1.57 bits per heavy atom. The van der Waals surface area contributed by atoms with Gasteiger partial charge in [-0.1, -0.05) is 66.7 Å². The van der Waals surface area contributed by atoms with Crippen molar-refractivity contribution >= 4 is 40.8 Å². The second kappa shape index (κ2) is 21.0. The number of hydrogen-bond acceptors (Lipinski definition) is 10. The SMILES string of the molecule is N#Cc1ccc(CCN[C@@H](C(=O)Nc2ccc(-c3ccc(C(F)(F)C(=O)N4CCC(CN5CCN(c6ccc(NC7CCC(=O)NC7=O)cc6F)CC5)CC4)cc3)cn2)c2ccccc2)cc1. The number of carbonyl (C=O) groups excluding carboxylic acids is 4. The first kappa shape index (κ1) is 46.4. The minimum atomic E-state index is -3.71. The Bertz CT molecular complexity index is 2580. The van der Waals surface area contributed by atoms with Crippen LogP contribution < -0.4 is 26.2 Å². The van der Waals surface area contributed by atoms with Crippen molar-refractivity contribution in [2.75, 3.05) is 67.9 Å². The maximum Gasteiger partial charge on any atom is 0.349 e. The fourth-order valence-corrected chi connectivity index (χ4v) is 8.89. The monoisotopic (exact) mass is 911 g/mol. The molecule has 3 aliphatic heterocycles. The van der Waals surface area contributed by atoms with Crippen LogP contribution in [0.2, 0.25) is 0 Å². The van der Waals surface area contributed by atoms with Crippen LogP contribution in [-0.4, -0.2) is 96.8 Å². The van der Waals surface area contributed by atoms with Crippen LogP contribution in [0.15, 0.2) is 115 Å². The van der Waals surface area contributed by atoms with E-state index in [-0.39, 0.29) is 37.2 Å². The summed E-state index contributed by atoms with van der Waals surface area (Å²) < 4.78 is 46.7. The summed E-state index contributed by atoms with van der Waals surface area (Å²) in [5.74, 6) is -5.81. The fourth-order valence-electron chi connectivity index (χ4n) is 8.89. The zero-order valence-electron chi connectivity index (χ0n) is 36.9. The zero-order valence-corrected chi connectivity index (χ0v) is 36.9. The maximum atomic E-state index is 15.7. The number of piperazine rings is 1. The Morgan fingerprint density at radius 1 is 0.851 bits per heavy atom. The molecule has 8 rings (SSSR count). The summed E-state index contributed by atoms with van der Waals surface area (Å²) in [5.41, 5.74) is 4.20. The van der Waals surface area contributed by atoms with Gasteiger partial charge in [-0.3, -0.25) is 29.4 Å². The first-order valence-electron chi connectivity index (χ1n) is 22.6. The van der Waals surface area contributed by atoms with Gasteiger partial charge in [0, 0.05) is 81.8 Å². The summed E-state index contributed by atoms with van der Waals surface area (Å²) >= 11 is 0. The van der Waals surface area contributed by atoms with Gasteiger partial charge in [-0.15, -0.1) is 0 Å². The number of benzene rings is 4. The van der Waals surface area contributed by atoms with Gasteiger partial charge in [0.15, 0.2) is 0 Å². The van der Waals surface area contributed by atoms with Crippen molar-refractivity contribution in [1.82, 2.24) is 25.4 Å². The number of rotatable bonds is 15. The number of likely N-dealkylation sites (tertiary alicyclic amines) is 1. The van der Waals surface area contributed by atoms with Crippen molar-refractivity contribution in [2.45, 2.75) is 50.1 Å². The van der Waals surface area contributed by atoms with Gasteiger partial charge in [-0.25, -0.2) is 9.37 Å². The molecule has 1 unspecified atom stereocenters. The predicted octanol–water partition coefficient (Wildman–Crippen LogP) is 6.64. The zero-order chi connectivity index (χ0) is 46.9. The van der Waals surface area contributed by atoms with E-state index in [1.165, 1.54) is 35.2 Å². The fraction of sp³-hybridized carbons (Fsp3) is 0.333. The number of halogens is 3. The molecule has 16 heteroatoms. The van der Waals surface area contributed by atoms with Crippen LogP contribution in [0.4, 0.5) is 30.4 Å². The number of nitriles is 1. The van der Waals surface area contributed by atoms with E-state index in [1.54, 1.807) is 42.6 Å². The minimum Gasteiger partial charge on any atom is -0.374 e. The average Bonchev–Trinajstić information content (AvgIpc) is 3.35. The van der Waals surface area contributed by atoms with Crippen LogP contribution in [0, 0.1) is 23.1 Å². The van der Waals surface area contributed by atoms with Crippen molar-refractivity contribution in [3.05, 3.63) is 143 Å². The number of aromatic nitrogens is 1. The van der Waals surface area contributed by atoms with E-state index in [0.717, 1.165) is 17.7 Å². The van der Waals surface area contributed by atoms with Gasteiger partial charge in [0.1, 0.15) is 23.7 Å². The third-order valence-corrected chi connectivity index (χ3v) is 12.8. The van der Waals surface area contributed by atoms with E-state index < -0.39 is 41.2 Å². The molecule has 13 nitrogen and oxygen atoms in total. The van der Waals surface area contributed by atoms with Crippen LogP contribution in [0.25, 0.3) is 11.1 Å². The van der Waals surface area contributed by atoms with E-state index >= 15 is 13.2 Å². The van der Waals surface area contributed by atoms with E-state index in [2.05, 4.69) is 37.2 Å². The molecule has 0 aliphatic carbocycles. The van der Waals surface area contributed by atoms with Gasteiger partial charge in [0.2, 0.25) is 17.7 Å². The summed E-state index contributed by atoms with van der Waals surface area (Å²) in [5, 5.41) is 20.6. The second-order valence-electron chi connectivity index (χ2n) is 17.3. The van der Waals surface area contributed by atoms with Crippen molar-refractivity contribution in [3.63, 3.8) is 0 Å². The molecular formula is C51H52F3N9O4. The number of alkyl halides is 2. The topological polar surface area (TPSA) is 163 Å². The number of hydrogen-bond donors (Lipinski definition) is 4. The smallest absolute Gasteiger partial charge is 0.349 e. The molecule has 0 spiro atoms. The molecular weight excluding hydrogens is 860 g/mol. The summed E-state index contributed by atoms with van der Waals surface area (Å²) in [6.07, 6.45) is 3.97. The molecule has 4 aromatic carbocycles. The minimum absolute atomic E-state index is 0.225. The van der Waals surface area contributed by atoms with E-state index in [1.807, 2.05) is 47.4 Å². The first-order chi connectivity index (χ1) is 32.4. The molecule has 67 heavy (non-hydrogen) atoms. The molecule has 0 radical (unpaired) electrons. The second-order valence-corrected chi connectivity index (χ2v) is 17.3. The Labute approximate surface area is 387 Å². The molecule has 4 heterocycles. The van der Waals surface area contributed by atoms with Crippen LogP contribution >= 0.6 is 0 Å². The van der Waals surface area contributed by atoms with Gasteiger partial charge >= 0.3 is 5.92 Å². The lowest BCUT2D eigenvalue weighted by Crippen LogP contribution is -2.50. The van der Waals surface area contributed by atoms with Crippen LogP contribution in [-0.2, 0) is 31.5 Å². The Kier molecular flexibility index (Phi) is 14.6. The highest BCUT2D eigenvalue weighted by atomic mass is 19.3. The lowest BCUT2D eigenvalue weighted by molar-refractivity contribution is -0.160. The van der Waals surface area contributed by atoms with E-state index in [9.17, 15) is 19.2 Å². The van der Waals surface area contributed by atoms with E-state index in [0.29, 0.717) is 92.3 Å². The molecule has 0 bridgehead atoms. The number of nitrogens with zero attached hydrogens (tertiary/aromatic N) is 5. The molecule has 2 atom stereocenters. The normalized spacial score (nSPS) is 17.6. The number of imide groups is 1. The number of carbonyl (C=O) groups is 4. The van der Waals surface area contributed by atoms with Crippen molar-refractivity contribution in [3.8, 4) is 17.2 Å². The van der Waals surface area contributed by atoms with Crippen molar-refractivity contribution < 1.29 is 32.3 Å². The Balaban J connectivity index is 0.784. The third-order valence-electron chi connectivity index (χ3n) is 12.8. The molecule has 4 amide bonds. The van der Waals surface area contributed by atoms with E-state index in [4.69, 9.17) is 5.26 Å². The van der Waals surface area contributed by atoms with Gasteiger partial charge in [0.05, 0.1) is 17.3 Å². The molecule has 4 N–H and O–H groups in total. The summed E-state index contributed by atoms with van der Waals surface area (Å²) in [6, 6.07) is 31.3. The molecule has 3 aliphatic rings. The first-order valence-corrected chi connectivity index (χ1v) is 22.6. The summed E-state index contributed by atoms with van der Waals surface area (Å²) in [4.78, 5) is 60.3. The standard InChI is InChI=1S/C51H52F3N9O4/c52-42-30-41(58-43-16-19-46(64)60-48(43)65)15-17-44(42)62-28-26-61(27-29-62)33-36-21-24-63(25-22-36)50(67)51(53,54)40-13-10-37(11-14-40)39-12-18-45(57-32-39)59-49(66)47(38-4-2-1-3-5-38)56-23-20-34-6-8-35(31-55)9-7-34/h1-15,17-18,30,32,36,43,47,56,58H,16,19-29,33H2,(H,57,59,66)(H,60,64,65)/t43?,47-/m1/s1. The van der Waals surface area contributed by atoms with Gasteiger partial charge in [-0.05, 0) is 90.8 Å². The predicted molar refractivity (Wildman–Crippen MR) is 248 cm³/mol. The number of nitrogens with one attached hydrogen (secondary N) is 4. The highest BCUT2D eigenvalue weighted by Crippen LogP contribution is 2.34. The number of amides is 4. The molecule has 3 fully saturated rings. The number of anilines is 3. The van der Waals surface area contributed by atoms with Crippen LogP contribution in [0.5, 0.6) is 0 Å².